The molecule has 0 aromatic carbocycles. The van der Waals surface area contributed by atoms with Crippen molar-refractivity contribution in [3.63, 3.8) is 0 Å². The van der Waals surface area contributed by atoms with Gasteiger partial charge >= 0.3 is 12.1 Å². The molecule has 17 heteroatoms. The predicted molar refractivity (Wildman–Crippen MR) is 143 cm³/mol. The molecule has 5 heterocycles. The third-order valence-electron chi connectivity index (χ3n) is 6.27. The van der Waals surface area contributed by atoms with Crippen LogP contribution in [0.15, 0.2) is 42.7 Å². The second-order valence-corrected chi connectivity index (χ2v) is 11.0. The van der Waals surface area contributed by atoms with Crippen molar-refractivity contribution in [1.82, 2.24) is 30.2 Å². The Labute approximate surface area is 249 Å². The molecule has 0 unspecified atom stereocenters. The van der Waals surface area contributed by atoms with Crippen molar-refractivity contribution in [3.8, 4) is 23.2 Å². The molecule has 0 saturated carbocycles. The number of ether oxygens (including phenoxy) is 3. The van der Waals surface area contributed by atoms with Gasteiger partial charge in [-0.1, -0.05) is 0 Å². The monoisotopic (exact) mass is 614 g/mol. The third-order valence-corrected chi connectivity index (χ3v) is 6.27. The first-order valence-electron chi connectivity index (χ1n) is 13.3. The van der Waals surface area contributed by atoms with E-state index in [0.29, 0.717) is 0 Å². The number of hydrogen-bond donors (Lipinski definition) is 2. The summed E-state index contributed by atoms with van der Waals surface area (Å²) >= 11 is 0. The first kappa shape index (κ1) is 30.4. The lowest BCUT2D eigenvalue weighted by Gasteiger charge is -2.34. The zero-order valence-corrected chi connectivity index (χ0v) is 24.6. The molecule has 0 aliphatic carbocycles. The van der Waals surface area contributed by atoms with Crippen LogP contribution < -0.4 is 5.32 Å². The maximum atomic E-state index is 13.0. The lowest BCUT2D eigenvalue weighted by molar-refractivity contribution is -0.0634. The molecule has 1 aliphatic heterocycles. The highest BCUT2D eigenvalue weighted by Gasteiger charge is 2.48. The van der Waals surface area contributed by atoms with Gasteiger partial charge in [0.2, 0.25) is 23.6 Å². The summed E-state index contributed by atoms with van der Waals surface area (Å²) in [6.07, 6.45) is 4.07. The maximum absolute atomic E-state index is 13.0. The Morgan fingerprint density at radius 3 is 2.30 bits per heavy atom. The van der Waals surface area contributed by atoms with Crippen molar-refractivity contribution < 1.29 is 51.4 Å². The number of rotatable bonds is 8. The summed E-state index contributed by atoms with van der Waals surface area (Å²) in [5.74, 6) is -1.37. The maximum Gasteiger partial charge on any atom is 0.413 e. The third kappa shape index (κ3) is 6.18. The molecule has 2 N–H and O–H groups in total. The fraction of sp³-hybridized carbons (Fsp3) is 0.444. The number of aliphatic hydroxyl groups excluding tert-OH is 1. The van der Waals surface area contributed by atoms with Crippen molar-refractivity contribution in [2.45, 2.75) is 58.0 Å². The van der Waals surface area contributed by atoms with Crippen LogP contribution in [0.5, 0.6) is 0 Å². The standard InChI is InChI=1S/C27H30N6O11/c1-26(2,3)44-25(37)33-18(12-43-27(33,4)5)23-31-16(10-42-23)21-29-14(8-39-21)19(35)28-13(7-34)20-30-15(9-40-20)22-32-17(11-41-22)24(36)38-6/h8-11,13,18,34H,7,12H2,1-6H3,(H,28,35)/t13-,18-/m0/s1. The van der Waals surface area contributed by atoms with Gasteiger partial charge in [-0.05, 0) is 34.6 Å². The molecule has 1 aliphatic rings. The van der Waals surface area contributed by atoms with Crippen molar-refractivity contribution in [2.24, 2.45) is 0 Å². The summed E-state index contributed by atoms with van der Waals surface area (Å²) < 4.78 is 37.6. The molecule has 17 nitrogen and oxygen atoms in total. The van der Waals surface area contributed by atoms with E-state index in [1.807, 2.05) is 0 Å². The van der Waals surface area contributed by atoms with Gasteiger partial charge in [0.25, 0.3) is 5.91 Å². The molecule has 44 heavy (non-hydrogen) atoms. The Bertz CT molecular complexity index is 1660. The molecule has 0 spiro atoms. The Hall–Kier alpha value is -5.03. The van der Waals surface area contributed by atoms with E-state index < -0.39 is 48.0 Å². The summed E-state index contributed by atoms with van der Waals surface area (Å²) in [7, 11) is 1.20. The highest BCUT2D eigenvalue weighted by molar-refractivity contribution is 5.92. The minimum atomic E-state index is -1.07. The van der Waals surface area contributed by atoms with E-state index in [4.69, 9.17) is 27.1 Å². The van der Waals surface area contributed by atoms with Crippen LogP contribution in [0.1, 0.15) is 79.5 Å². The molecule has 2 atom stereocenters. The quantitative estimate of drug-likeness (QED) is 0.272. The summed E-state index contributed by atoms with van der Waals surface area (Å²) in [4.78, 5) is 55.6. The molecule has 4 aromatic heterocycles. The van der Waals surface area contributed by atoms with Gasteiger partial charge < -0.3 is 42.3 Å². The fourth-order valence-corrected chi connectivity index (χ4v) is 4.23. The average molecular weight is 615 g/mol. The van der Waals surface area contributed by atoms with Crippen LogP contribution in [0.2, 0.25) is 0 Å². The minimum absolute atomic E-state index is 0.0292. The number of carbonyl (C=O) groups is 3. The second-order valence-electron chi connectivity index (χ2n) is 11.0. The van der Waals surface area contributed by atoms with Crippen molar-refractivity contribution in [1.29, 1.82) is 0 Å². The highest BCUT2D eigenvalue weighted by Crippen LogP contribution is 2.38. The number of carbonyl (C=O) groups excluding carboxylic acids is 3. The van der Waals surface area contributed by atoms with E-state index in [1.165, 1.54) is 24.5 Å². The van der Waals surface area contributed by atoms with Gasteiger partial charge in [0.1, 0.15) is 48.5 Å². The van der Waals surface area contributed by atoms with Gasteiger partial charge in [-0.3, -0.25) is 9.69 Å². The van der Waals surface area contributed by atoms with Crippen LogP contribution in [-0.2, 0) is 14.2 Å². The van der Waals surface area contributed by atoms with E-state index in [1.54, 1.807) is 34.6 Å². The SMILES string of the molecule is COC(=O)c1coc(-c2coc([C@H](CO)NC(=O)c3coc(-c4coc([C@@H]5COC(C)(C)N5C(=O)OC(C)(C)C)n4)n3)n2)n1. The zero-order valence-electron chi connectivity index (χ0n) is 24.6. The van der Waals surface area contributed by atoms with E-state index >= 15 is 0 Å². The molecule has 4 aromatic rings. The summed E-state index contributed by atoms with van der Waals surface area (Å²) in [5, 5.41) is 12.4. The van der Waals surface area contributed by atoms with Gasteiger partial charge in [-0.15, -0.1) is 0 Å². The molecule has 1 saturated heterocycles. The van der Waals surface area contributed by atoms with Crippen LogP contribution in [0.25, 0.3) is 23.2 Å². The molecule has 0 radical (unpaired) electrons. The van der Waals surface area contributed by atoms with Crippen molar-refractivity contribution >= 4 is 18.0 Å². The van der Waals surface area contributed by atoms with E-state index in [-0.39, 0.29) is 52.9 Å². The number of esters is 1. The average Bonchev–Trinajstić information content (AvgIpc) is 3.78. The first-order chi connectivity index (χ1) is 20.8. The highest BCUT2D eigenvalue weighted by atomic mass is 16.6. The zero-order chi connectivity index (χ0) is 31.8. The van der Waals surface area contributed by atoms with Crippen LogP contribution in [0.4, 0.5) is 4.79 Å². The van der Waals surface area contributed by atoms with Crippen molar-refractivity contribution in [2.75, 3.05) is 20.3 Å². The lowest BCUT2D eigenvalue weighted by atomic mass is 10.2. The number of amides is 2. The summed E-state index contributed by atoms with van der Waals surface area (Å²) in [5.41, 5.74) is -1.63. The molecule has 2 amide bonds. The lowest BCUT2D eigenvalue weighted by Crippen LogP contribution is -2.47. The number of nitrogens with one attached hydrogen (secondary N) is 1. The van der Waals surface area contributed by atoms with Crippen molar-refractivity contribution in [3.05, 3.63) is 48.2 Å². The predicted octanol–water partition coefficient (Wildman–Crippen LogP) is 3.27. The number of methoxy groups -OCH3 is 1. The number of nitrogens with zero attached hydrogens (tertiary/aromatic N) is 5. The van der Waals surface area contributed by atoms with E-state index in [2.05, 4.69) is 30.0 Å². The van der Waals surface area contributed by atoms with Gasteiger partial charge in [-0.25, -0.2) is 29.5 Å². The Kier molecular flexibility index (Phi) is 8.00. The Balaban J connectivity index is 1.27. The molecule has 0 bridgehead atoms. The number of aromatic nitrogens is 4. The number of aliphatic hydroxyl groups is 1. The van der Waals surface area contributed by atoms with Gasteiger partial charge in [-0.2, -0.15) is 0 Å². The molecular formula is C27H30N6O11. The van der Waals surface area contributed by atoms with Gasteiger partial charge in [0.15, 0.2) is 22.8 Å². The van der Waals surface area contributed by atoms with Crippen LogP contribution in [-0.4, -0.2) is 79.6 Å². The van der Waals surface area contributed by atoms with Gasteiger partial charge in [0, 0.05) is 0 Å². The van der Waals surface area contributed by atoms with E-state index in [9.17, 15) is 19.5 Å². The van der Waals surface area contributed by atoms with Crippen LogP contribution >= 0.6 is 0 Å². The molecule has 1 fully saturated rings. The Morgan fingerprint density at radius 2 is 1.64 bits per heavy atom. The molecule has 5 rings (SSSR count). The second kappa shape index (κ2) is 11.6. The topological polar surface area (TPSA) is 219 Å². The molecule has 234 valence electrons. The summed E-state index contributed by atoms with van der Waals surface area (Å²) in [6.45, 7) is 8.28. The number of oxazole rings is 4. The minimum Gasteiger partial charge on any atom is -0.464 e. The van der Waals surface area contributed by atoms with Crippen LogP contribution in [0.3, 0.4) is 0 Å². The largest absolute Gasteiger partial charge is 0.464 e. The number of hydrogen-bond acceptors (Lipinski definition) is 15. The van der Waals surface area contributed by atoms with Gasteiger partial charge in [0.05, 0.1) is 20.3 Å². The smallest absolute Gasteiger partial charge is 0.413 e. The van der Waals surface area contributed by atoms with Crippen LogP contribution in [0, 0.1) is 0 Å². The summed E-state index contributed by atoms with van der Waals surface area (Å²) in [6, 6.07) is -1.76. The fourth-order valence-electron chi connectivity index (χ4n) is 4.23. The Morgan fingerprint density at radius 1 is 1.00 bits per heavy atom. The molecular weight excluding hydrogens is 584 g/mol. The first-order valence-corrected chi connectivity index (χ1v) is 13.3. The normalized spacial score (nSPS) is 17.0. The van der Waals surface area contributed by atoms with E-state index in [0.717, 1.165) is 12.5 Å².